The Morgan fingerprint density at radius 2 is 2.24 bits per heavy atom. The Morgan fingerprint density at radius 1 is 1.65 bits per heavy atom. The topological polar surface area (TPSA) is 61.9 Å². The molecule has 0 bridgehead atoms. The second-order valence-electron chi connectivity index (χ2n) is 4.43. The van der Waals surface area contributed by atoms with Gasteiger partial charge in [-0.2, -0.15) is 0 Å². The van der Waals surface area contributed by atoms with Crippen molar-refractivity contribution in [1.29, 1.82) is 0 Å². The fourth-order valence-corrected chi connectivity index (χ4v) is 2.23. The van der Waals surface area contributed by atoms with E-state index in [4.69, 9.17) is 23.9 Å². The minimum atomic E-state index is -0.893. The first-order valence-corrected chi connectivity index (χ1v) is 6.38. The van der Waals surface area contributed by atoms with E-state index < -0.39 is 11.4 Å². The third kappa shape index (κ3) is 3.06. The van der Waals surface area contributed by atoms with Crippen molar-refractivity contribution in [3.05, 3.63) is 0 Å². The van der Waals surface area contributed by atoms with Crippen LogP contribution in [-0.2, 0) is 4.79 Å². The molecule has 2 N–H and O–H groups in total. The number of hydrogen-bond acceptors (Lipinski definition) is 5. The molecule has 7 heteroatoms. The van der Waals surface area contributed by atoms with Gasteiger partial charge in [0.15, 0.2) is 0 Å². The van der Waals surface area contributed by atoms with E-state index in [1.165, 1.54) is 16.8 Å². The third-order valence-corrected chi connectivity index (χ3v) is 3.25. The van der Waals surface area contributed by atoms with Crippen molar-refractivity contribution in [2.75, 3.05) is 5.75 Å². The summed E-state index contributed by atoms with van der Waals surface area (Å²) in [5.74, 6) is 8.05. The van der Waals surface area contributed by atoms with Crippen molar-refractivity contribution >= 4 is 34.4 Å². The molecule has 1 amide bonds. The Balaban J connectivity index is 3.03. The minimum Gasteiger partial charge on any atom is -0.269 e. The van der Waals surface area contributed by atoms with Gasteiger partial charge in [-0.3, -0.25) is 9.80 Å². The molecule has 0 spiro atoms. The van der Waals surface area contributed by atoms with E-state index in [2.05, 4.69) is 11.0 Å². The normalized spacial score (nSPS) is 21.3. The average Bonchev–Trinajstić information content (AvgIpc) is 2.23. The van der Waals surface area contributed by atoms with Crippen molar-refractivity contribution < 1.29 is 4.79 Å². The predicted octanol–water partition coefficient (Wildman–Crippen LogP) is 1.01. The van der Waals surface area contributed by atoms with Gasteiger partial charge >= 0.3 is 0 Å². The number of rotatable bonds is 1. The highest BCUT2D eigenvalue weighted by Crippen LogP contribution is 2.26. The second-order valence-corrected chi connectivity index (χ2v) is 5.79. The Labute approximate surface area is 110 Å². The zero-order valence-electron chi connectivity index (χ0n) is 9.98. The molecule has 0 radical (unpaired) electrons. The third-order valence-electron chi connectivity index (χ3n) is 2.03. The summed E-state index contributed by atoms with van der Waals surface area (Å²) in [5.41, 5.74) is -1.26. The minimum absolute atomic E-state index is 0.361. The number of amides is 1. The van der Waals surface area contributed by atoms with Crippen LogP contribution in [0.15, 0.2) is 5.10 Å². The van der Waals surface area contributed by atoms with Crippen molar-refractivity contribution in [1.82, 2.24) is 10.0 Å². The molecule has 0 fully saturated rings. The van der Waals surface area contributed by atoms with Crippen LogP contribution < -0.4 is 5.84 Å². The lowest BCUT2D eigenvalue weighted by atomic mass is 10.1. The Bertz CT molecular complexity index is 385. The van der Waals surface area contributed by atoms with Gasteiger partial charge in [0.1, 0.15) is 0 Å². The predicted molar refractivity (Wildman–Crippen MR) is 71.0 cm³/mol. The number of terminal acetylenes is 1. The maximum atomic E-state index is 11.8. The van der Waals surface area contributed by atoms with Gasteiger partial charge in [-0.15, -0.1) is 11.5 Å². The van der Waals surface area contributed by atoms with Gasteiger partial charge in [0.05, 0.1) is 11.3 Å². The van der Waals surface area contributed by atoms with E-state index >= 15 is 0 Å². The highest BCUT2D eigenvalue weighted by Gasteiger charge is 2.39. The van der Waals surface area contributed by atoms with Gasteiger partial charge in [0.25, 0.3) is 5.91 Å². The summed E-state index contributed by atoms with van der Waals surface area (Å²) in [5, 5.41) is 7.10. The molecule has 94 valence electrons. The van der Waals surface area contributed by atoms with Crippen LogP contribution in [0.3, 0.4) is 0 Å². The van der Waals surface area contributed by atoms with Gasteiger partial charge in [-0.25, -0.2) is 10.9 Å². The van der Waals surface area contributed by atoms with Crippen molar-refractivity contribution in [3.63, 3.8) is 0 Å². The largest absolute Gasteiger partial charge is 0.282 e. The van der Waals surface area contributed by atoms with Crippen LogP contribution in [-0.4, -0.2) is 37.9 Å². The van der Waals surface area contributed by atoms with E-state index in [1.54, 1.807) is 0 Å². The number of hydrazone groups is 1. The molecule has 1 aliphatic heterocycles. The van der Waals surface area contributed by atoms with E-state index in [0.717, 1.165) is 5.01 Å². The Morgan fingerprint density at radius 3 is 2.71 bits per heavy atom. The number of hydrogen-bond donors (Lipinski definition) is 1. The van der Waals surface area contributed by atoms with E-state index in [9.17, 15) is 4.79 Å². The highest BCUT2D eigenvalue weighted by molar-refractivity contribution is 8.14. The molecule has 0 aromatic carbocycles. The number of alkyl halides is 1. The standard InChI is InChI=1S/C10H15ClN4OS/c1-5-6-17-9-13-15(10(2,3)4)7(11)8(16)14(9)12/h1,7H,6,12H2,2-4H3. The molecule has 0 aromatic heterocycles. The maximum Gasteiger partial charge on any atom is 0.282 e. The van der Waals surface area contributed by atoms with Crippen LogP contribution in [0.2, 0.25) is 0 Å². The number of nitrogens with two attached hydrogens (primary N) is 1. The smallest absolute Gasteiger partial charge is 0.269 e. The molecule has 1 atom stereocenters. The number of carbonyl (C=O) groups excluding carboxylic acids is 1. The monoisotopic (exact) mass is 274 g/mol. The summed E-state index contributed by atoms with van der Waals surface area (Å²) in [7, 11) is 0. The molecular weight excluding hydrogens is 260 g/mol. The molecule has 0 aliphatic carbocycles. The van der Waals surface area contributed by atoms with Gasteiger partial charge in [-0.05, 0) is 20.8 Å². The number of nitrogens with zero attached hydrogens (tertiary/aromatic N) is 3. The van der Waals surface area contributed by atoms with Gasteiger partial charge < -0.3 is 0 Å². The summed E-state index contributed by atoms with van der Waals surface area (Å²) in [4.78, 5) is 11.8. The maximum absolute atomic E-state index is 11.8. The van der Waals surface area contributed by atoms with Gasteiger partial charge in [-0.1, -0.05) is 29.3 Å². The average molecular weight is 275 g/mol. The van der Waals surface area contributed by atoms with Crippen LogP contribution in [0.5, 0.6) is 0 Å². The molecule has 0 saturated carbocycles. The first kappa shape index (κ1) is 14.2. The molecule has 5 nitrogen and oxygen atoms in total. The van der Waals surface area contributed by atoms with Gasteiger partial charge in [0.2, 0.25) is 10.7 Å². The van der Waals surface area contributed by atoms with E-state index in [0.29, 0.717) is 10.9 Å². The molecule has 1 heterocycles. The van der Waals surface area contributed by atoms with Crippen LogP contribution in [0.1, 0.15) is 20.8 Å². The SMILES string of the molecule is C#CCSC1=NN(C(C)(C)C)C(Cl)C(=O)N1N. The van der Waals surface area contributed by atoms with Crippen molar-refractivity contribution in [3.8, 4) is 12.3 Å². The molecular formula is C10H15ClN4OS. The Kier molecular flexibility index (Phi) is 4.31. The zero-order valence-corrected chi connectivity index (χ0v) is 11.5. The van der Waals surface area contributed by atoms with E-state index in [-0.39, 0.29) is 5.54 Å². The molecule has 0 saturated heterocycles. The molecule has 0 aromatic rings. The Hall–Kier alpha value is -0.900. The first-order chi connectivity index (χ1) is 7.79. The lowest BCUT2D eigenvalue weighted by Gasteiger charge is -2.40. The van der Waals surface area contributed by atoms with Crippen molar-refractivity contribution in [2.45, 2.75) is 31.8 Å². The van der Waals surface area contributed by atoms with Crippen LogP contribution in [0, 0.1) is 12.3 Å². The fraction of sp³-hybridized carbons (Fsp3) is 0.600. The van der Waals surface area contributed by atoms with Crippen LogP contribution >= 0.6 is 23.4 Å². The summed E-state index contributed by atoms with van der Waals surface area (Å²) >= 11 is 7.23. The van der Waals surface area contributed by atoms with Gasteiger partial charge in [0, 0.05) is 0 Å². The molecule has 17 heavy (non-hydrogen) atoms. The fourth-order valence-electron chi connectivity index (χ4n) is 1.20. The quantitative estimate of drug-likeness (QED) is 0.255. The van der Waals surface area contributed by atoms with Crippen LogP contribution in [0.25, 0.3) is 0 Å². The highest BCUT2D eigenvalue weighted by atomic mass is 35.5. The summed E-state index contributed by atoms with van der Waals surface area (Å²) in [6, 6.07) is 0. The first-order valence-electron chi connectivity index (χ1n) is 4.96. The lowest BCUT2D eigenvalue weighted by Crippen LogP contribution is -2.58. The number of amidine groups is 1. The number of halogens is 1. The van der Waals surface area contributed by atoms with Crippen LogP contribution in [0.4, 0.5) is 0 Å². The number of hydrazine groups is 1. The lowest BCUT2D eigenvalue weighted by molar-refractivity contribution is -0.133. The number of thioether (sulfide) groups is 1. The van der Waals surface area contributed by atoms with E-state index in [1.807, 2.05) is 20.8 Å². The molecule has 1 unspecified atom stereocenters. The summed E-state index contributed by atoms with van der Waals surface area (Å²) in [6.07, 6.45) is 5.16. The molecule has 1 rings (SSSR count). The van der Waals surface area contributed by atoms with Crippen molar-refractivity contribution in [2.24, 2.45) is 10.9 Å². The summed E-state index contributed by atoms with van der Waals surface area (Å²) in [6.45, 7) is 5.73. The second kappa shape index (κ2) is 5.17. The number of carbonyl (C=O) groups is 1. The zero-order chi connectivity index (χ0) is 13.2. The summed E-state index contributed by atoms with van der Waals surface area (Å²) < 4.78 is 0. The molecule has 1 aliphatic rings.